The molecule has 18 heavy (non-hydrogen) atoms. The van der Waals surface area contributed by atoms with Crippen LogP contribution < -0.4 is 11.1 Å². The van der Waals surface area contributed by atoms with Crippen LogP contribution in [0.5, 0.6) is 0 Å². The van der Waals surface area contributed by atoms with Crippen LogP contribution in [-0.4, -0.2) is 36.0 Å². The molecular weight excluding hydrogens is 345 g/mol. The van der Waals surface area contributed by atoms with Crippen molar-refractivity contribution in [3.05, 3.63) is 17.5 Å². The predicted molar refractivity (Wildman–Crippen MR) is 83.2 cm³/mol. The smallest absolute Gasteiger partial charge is 0.189 e. The number of hydrogen-bond donors (Lipinski definition) is 2. The molecule has 1 rings (SSSR count). The summed E-state index contributed by atoms with van der Waals surface area (Å²) in [7, 11) is 3.56. The number of aromatic nitrogens is 2. The van der Waals surface area contributed by atoms with Crippen molar-refractivity contribution in [1.82, 2.24) is 15.1 Å². The standard InChI is InChI=1S/C11H21N5O.HI/c1-4-10-9(8-16(2)15-10)7-14-11(12)13-5-6-17-3;/h8H,4-7H2,1-3H3,(H3,12,13,14);1H. The number of nitrogens with two attached hydrogens (primary N) is 1. The Morgan fingerprint density at radius 2 is 2.33 bits per heavy atom. The van der Waals surface area contributed by atoms with Crippen molar-refractivity contribution in [3.8, 4) is 0 Å². The Morgan fingerprint density at radius 3 is 2.94 bits per heavy atom. The van der Waals surface area contributed by atoms with Gasteiger partial charge in [0.1, 0.15) is 0 Å². The number of nitrogens with zero attached hydrogens (tertiary/aromatic N) is 3. The largest absolute Gasteiger partial charge is 0.383 e. The minimum absolute atomic E-state index is 0. The second-order valence-corrected chi connectivity index (χ2v) is 3.75. The van der Waals surface area contributed by atoms with Gasteiger partial charge in [0.05, 0.1) is 18.8 Å². The van der Waals surface area contributed by atoms with Gasteiger partial charge < -0.3 is 15.8 Å². The van der Waals surface area contributed by atoms with E-state index in [0.717, 1.165) is 17.7 Å². The monoisotopic (exact) mass is 367 g/mol. The van der Waals surface area contributed by atoms with Gasteiger partial charge in [-0.15, -0.1) is 24.0 Å². The molecule has 0 aromatic carbocycles. The highest BCUT2D eigenvalue weighted by molar-refractivity contribution is 14.0. The topological polar surface area (TPSA) is 77.5 Å². The number of hydrogen-bond acceptors (Lipinski definition) is 3. The molecule has 3 N–H and O–H groups in total. The summed E-state index contributed by atoms with van der Waals surface area (Å²) in [5.74, 6) is 0.438. The van der Waals surface area contributed by atoms with Gasteiger partial charge in [-0.25, -0.2) is 4.99 Å². The highest BCUT2D eigenvalue weighted by Crippen LogP contribution is 2.08. The van der Waals surface area contributed by atoms with Crippen LogP contribution in [0.3, 0.4) is 0 Å². The number of aryl methyl sites for hydroxylation is 2. The van der Waals surface area contributed by atoms with E-state index in [2.05, 4.69) is 22.3 Å². The van der Waals surface area contributed by atoms with E-state index in [-0.39, 0.29) is 24.0 Å². The summed E-state index contributed by atoms with van der Waals surface area (Å²) >= 11 is 0. The van der Waals surface area contributed by atoms with Crippen LogP contribution in [0.1, 0.15) is 18.2 Å². The molecule has 0 aliphatic carbocycles. The molecule has 0 aliphatic heterocycles. The third-order valence-corrected chi connectivity index (χ3v) is 2.36. The van der Waals surface area contributed by atoms with Crippen LogP contribution in [0.15, 0.2) is 11.2 Å². The van der Waals surface area contributed by atoms with Gasteiger partial charge in [-0.1, -0.05) is 6.92 Å². The van der Waals surface area contributed by atoms with Gasteiger partial charge in [0.25, 0.3) is 0 Å². The molecule has 7 heteroatoms. The first-order valence-corrected chi connectivity index (χ1v) is 5.71. The maximum absolute atomic E-state index is 5.72. The summed E-state index contributed by atoms with van der Waals surface area (Å²) in [6.45, 7) is 3.92. The molecule has 0 bridgehead atoms. The molecule has 0 spiro atoms. The van der Waals surface area contributed by atoms with E-state index in [4.69, 9.17) is 10.5 Å². The van der Waals surface area contributed by atoms with E-state index in [9.17, 15) is 0 Å². The molecule has 0 saturated carbocycles. The third-order valence-electron chi connectivity index (χ3n) is 2.36. The quantitative estimate of drug-likeness (QED) is 0.335. The average Bonchev–Trinajstić information content (AvgIpc) is 2.67. The van der Waals surface area contributed by atoms with Gasteiger partial charge in [-0.2, -0.15) is 5.10 Å². The number of nitrogens with one attached hydrogen (secondary N) is 1. The van der Waals surface area contributed by atoms with Gasteiger partial charge in [0.15, 0.2) is 5.96 Å². The number of ether oxygens (including phenoxy) is 1. The lowest BCUT2D eigenvalue weighted by Gasteiger charge is -2.04. The minimum atomic E-state index is 0. The van der Waals surface area contributed by atoms with Crippen LogP contribution in [0.4, 0.5) is 0 Å². The summed E-state index contributed by atoms with van der Waals surface area (Å²) < 4.78 is 6.71. The number of aliphatic imine (C=N–C) groups is 1. The van der Waals surface area contributed by atoms with Gasteiger partial charge in [0, 0.05) is 32.5 Å². The molecule has 0 aliphatic rings. The van der Waals surface area contributed by atoms with E-state index >= 15 is 0 Å². The van der Waals surface area contributed by atoms with Crippen LogP contribution in [0.2, 0.25) is 0 Å². The van der Waals surface area contributed by atoms with Gasteiger partial charge in [-0.05, 0) is 6.42 Å². The summed E-state index contributed by atoms with van der Waals surface area (Å²) in [6, 6.07) is 0. The first kappa shape index (κ1) is 17.2. The average molecular weight is 367 g/mol. The molecule has 1 heterocycles. The summed E-state index contributed by atoms with van der Waals surface area (Å²) in [4.78, 5) is 4.26. The zero-order valence-electron chi connectivity index (χ0n) is 11.1. The van der Waals surface area contributed by atoms with Crippen molar-refractivity contribution in [3.63, 3.8) is 0 Å². The first-order chi connectivity index (χ1) is 8.17. The maximum atomic E-state index is 5.72. The molecule has 0 amide bonds. The minimum Gasteiger partial charge on any atom is -0.383 e. The van der Waals surface area contributed by atoms with Crippen molar-refractivity contribution in [2.45, 2.75) is 19.9 Å². The second kappa shape index (κ2) is 9.15. The van der Waals surface area contributed by atoms with Crippen LogP contribution in [-0.2, 0) is 24.8 Å². The Morgan fingerprint density at radius 1 is 1.61 bits per heavy atom. The molecule has 0 unspecified atom stereocenters. The maximum Gasteiger partial charge on any atom is 0.189 e. The van der Waals surface area contributed by atoms with E-state index in [1.807, 2.05) is 13.2 Å². The predicted octanol–water partition coefficient (Wildman–Crippen LogP) is 0.651. The lowest BCUT2D eigenvalue weighted by atomic mass is 10.2. The number of rotatable bonds is 6. The Bertz CT molecular complexity index is 378. The molecule has 104 valence electrons. The Labute approximate surface area is 125 Å². The van der Waals surface area contributed by atoms with E-state index in [0.29, 0.717) is 25.7 Å². The fraction of sp³-hybridized carbons (Fsp3) is 0.636. The van der Waals surface area contributed by atoms with Gasteiger partial charge in [0.2, 0.25) is 0 Å². The van der Waals surface area contributed by atoms with Crippen molar-refractivity contribution in [2.24, 2.45) is 17.8 Å². The normalized spacial score (nSPS) is 11.2. The first-order valence-electron chi connectivity index (χ1n) is 5.71. The summed E-state index contributed by atoms with van der Waals surface area (Å²) in [5, 5.41) is 7.32. The second-order valence-electron chi connectivity index (χ2n) is 3.75. The summed E-state index contributed by atoms with van der Waals surface area (Å²) in [6.07, 6.45) is 2.88. The third kappa shape index (κ3) is 5.67. The Hall–Kier alpha value is -0.830. The SMILES string of the molecule is CCc1nn(C)cc1CN=C(N)NCCOC.I. The fourth-order valence-corrected chi connectivity index (χ4v) is 1.52. The molecule has 0 atom stereocenters. The molecule has 0 saturated heterocycles. The molecule has 0 fully saturated rings. The molecule has 0 radical (unpaired) electrons. The Kier molecular flexibility index (Phi) is 8.73. The molecule has 1 aromatic heterocycles. The molecule has 6 nitrogen and oxygen atoms in total. The zero-order valence-corrected chi connectivity index (χ0v) is 13.5. The number of halogens is 1. The Balaban J connectivity index is 0.00000289. The van der Waals surface area contributed by atoms with Crippen molar-refractivity contribution in [2.75, 3.05) is 20.3 Å². The van der Waals surface area contributed by atoms with Crippen LogP contribution in [0, 0.1) is 0 Å². The lowest BCUT2D eigenvalue weighted by molar-refractivity contribution is 0.204. The number of guanidine groups is 1. The van der Waals surface area contributed by atoms with E-state index in [1.165, 1.54) is 0 Å². The van der Waals surface area contributed by atoms with E-state index in [1.54, 1.807) is 11.8 Å². The molecular formula is C11H22IN5O. The highest BCUT2D eigenvalue weighted by atomic mass is 127. The van der Waals surface area contributed by atoms with Crippen LogP contribution >= 0.6 is 24.0 Å². The molecule has 1 aromatic rings. The summed E-state index contributed by atoms with van der Waals surface area (Å²) in [5.41, 5.74) is 7.90. The van der Waals surface area contributed by atoms with E-state index < -0.39 is 0 Å². The highest BCUT2D eigenvalue weighted by Gasteiger charge is 2.04. The number of methoxy groups -OCH3 is 1. The fourth-order valence-electron chi connectivity index (χ4n) is 1.52. The zero-order chi connectivity index (χ0) is 12.7. The lowest BCUT2D eigenvalue weighted by Crippen LogP contribution is -2.34. The van der Waals surface area contributed by atoms with Crippen LogP contribution in [0.25, 0.3) is 0 Å². The van der Waals surface area contributed by atoms with Crippen molar-refractivity contribution >= 4 is 29.9 Å². The van der Waals surface area contributed by atoms with Crippen molar-refractivity contribution in [1.29, 1.82) is 0 Å². The van der Waals surface area contributed by atoms with Gasteiger partial charge >= 0.3 is 0 Å². The van der Waals surface area contributed by atoms with Crippen molar-refractivity contribution < 1.29 is 4.74 Å². The van der Waals surface area contributed by atoms with Gasteiger partial charge in [-0.3, -0.25) is 4.68 Å².